The molecule has 0 amide bonds. The van der Waals surface area contributed by atoms with E-state index in [1.54, 1.807) is 0 Å². The number of aromatic carboxylic acids is 1. The topological polar surface area (TPSA) is 63.6 Å². The third kappa shape index (κ3) is 4.68. The van der Waals surface area contributed by atoms with Gasteiger partial charge in [0.05, 0.1) is 23.2 Å². The van der Waals surface area contributed by atoms with E-state index < -0.39 is 11.9 Å². The Bertz CT molecular complexity index is 601. The summed E-state index contributed by atoms with van der Waals surface area (Å²) < 4.78 is 5.03. The molecule has 0 bridgehead atoms. The zero-order chi connectivity index (χ0) is 13.7. The molecule has 20 heavy (non-hydrogen) atoms. The van der Waals surface area contributed by atoms with Crippen molar-refractivity contribution in [2.75, 3.05) is 0 Å². The standard InChI is InChI=1S/C14H10O4S.Na.H/c15-13(16)10-5-4-6-11(9-10)14(17)18-19-12-7-2-1-3-8-12;;/h1-9H,(H,15,16);;. The Labute approximate surface area is 142 Å². The molecule has 0 aliphatic rings. The fourth-order valence-corrected chi connectivity index (χ4v) is 1.93. The molecule has 2 aromatic carbocycles. The minimum absolute atomic E-state index is 0. The second-order valence-electron chi connectivity index (χ2n) is 3.65. The Morgan fingerprint density at radius 2 is 1.60 bits per heavy atom. The predicted octanol–water partition coefficient (Wildman–Crippen LogP) is 2.60. The second kappa shape index (κ2) is 8.11. The molecule has 0 heterocycles. The summed E-state index contributed by atoms with van der Waals surface area (Å²) in [7, 11) is 0. The first-order valence-electron chi connectivity index (χ1n) is 5.44. The van der Waals surface area contributed by atoms with E-state index >= 15 is 0 Å². The van der Waals surface area contributed by atoms with Crippen LogP contribution in [0, 0.1) is 0 Å². The van der Waals surface area contributed by atoms with Gasteiger partial charge in [0.15, 0.2) is 0 Å². The van der Waals surface area contributed by atoms with Crippen molar-refractivity contribution in [1.29, 1.82) is 0 Å². The van der Waals surface area contributed by atoms with Crippen molar-refractivity contribution in [3.05, 3.63) is 65.7 Å². The summed E-state index contributed by atoms with van der Waals surface area (Å²) in [5.74, 6) is -1.65. The Balaban J connectivity index is 0.00000200. The van der Waals surface area contributed by atoms with Crippen molar-refractivity contribution in [3.63, 3.8) is 0 Å². The van der Waals surface area contributed by atoms with E-state index in [9.17, 15) is 9.59 Å². The van der Waals surface area contributed by atoms with Gasteiger partial charge in [-0.25, -0.2) is 9.59 Å². The van der Waals surface area contributed by atoms with Crippen molar-refractivity contribution in [2.24, 2.45) is 0 Å². The van der Waals surface area contributed by atoms with Gasteiger partial charge in [-0.2, -0.15) is 0 Å². The molecule has 2 aromatic rings. The fraction of sp³-hybridized carbons (Fsp3) is 0. The Morgan fingerprint density at radius 1 is 0.950 bits per heavy atom. The number of carboxylic acids is 1. The van der Waals surface area contributed by atoms with Crippen LogP contribution in [-0.2, 0) is 4.18 Å². The van der Waals surface area contributed by atoms with Gasteiger partial charge in [-0.15, -0.1) is 0 Å². The van der Waals surface area contributed by atoms with Crippen LogP contribution in [0.15, 0.2) is 59.5 Å². The number of benzene rings is 2. The van der Waals surface area contributed by atoms with E-state index in [0.29, 0.717) is 0 Å². The molecule has 0 atom stereocenters. The molecule has 1 N–H and O–H groups in total. The second-order valence-corrected chi connectivity index (χ2v) is 4.46. The summed E-state index contributed by atoms with van der Waals surface area (Å²) in [6.07, 6.45) is 0. The summed E-state index contributed by atoms with van der Waals surface area (Å²) in [5.41, 5.74) is 0.266. The summed E-state index contributed by atoms with van der Waals surface area (Å²) in [6.45, 7) is 0. The summed E-state index contributed by atoms with van der Waals surface area (Å²) in [5, 5.41) is 8.84. The van der Waals surface area contributed by atoms with Gasteiger partial charge in [0.2, 0.25) is 0 Å². The van der Waals surface area contributed by atoms with Crippen LogP contribution in [0.25, 0.3) is 0 Å². The maximum atomic E-state index is 11.8. The first-order valence-corrected chi connectivity index (χ1v) is 6.18. The van der Waals surface area contributed by atoms with Crippen LogP contribution in [-0.4, -0.2) is 46.6 Å². The van der Waals surface area contributed by atoms with Crippen LogP contribution in [0.2, 0.25) is 0 Å². The SMILES string of the molecule is O=C(O)c1cccc(C(=O)OSc2ccccc2)c1.[NaH]. The summed E-state index contributed by atoms with van der Waals surface area (Å²) in [6, 6.07) is 14.9. The molecule has 0 radical (unpaired) electrons. The molecule has 0 aromatic heterocycles. The first-order chi connectivity index (χ1) is 9.16. The molecule has 6 heteroatoms. The number of carbonyl (C=O) groups is 2. The number of carbonyl (C=O) groups excluding carboxylic acids is 1. The van der Waals surface area contributed by atoms with Crippen molar-refractivity contribution >= 4 is 53.5 Å². The van der Waals surface area contributed by atoms with Gasteiger partial charge < -0.3 is 9.29 Å². The van der Waals surface area contributed by atoms with Gasteiger partial charge >= 0.3 is 41.5 Å². The number of rotatable bonds is 4. The molecular weight excluding hydrogens is 287 g/mol. The fourth-order valence-electron chi connectivity index (χ4n) is 1.39. The maximum absolute atomic E-state index is 11.8. The van der Waals surface area contributed by atoms with E-state index in [4.69, 9.17) is 9.29 Å². The van der Waals surface area contributed by atoms with Gasteiger partial charge in [-0.1, -0.05) is 24.3 Å². The number of hydrogen-bond acceptors (Lipinski definition) is 4. The van der Waals surface area contributed by atoms with Gasteiger partial charge in [0.25, 0.3) is 0 Å². The molecule has 0 saturated carbocycles. The van der Waals surface area contributed by atoms with Crippen LogP contribution < -0.4 is 0 Å². The van der Waals surface area contributed by atoms with Gasteiger partial charge in [0, 0.05) is 4.90 Å². The quantitative estimate of drug-likeness (QED) is 0.694. The van der Waals surface area contributed by atoms with Crippen molar-refractivity contribution < 1.29 is 18.9 Å². The van der Waals surface area contributed by atoms with Crippen LogP contribution in [0.1, 0.15) is 20.7 Å². The summed E-state index contributed by atoms with van der Waals surface area (Å²) in [4.78, 5) is 23.4. The third-order valence-corrected chi connectivity index (χ3v) is 3.00. The average Bonchev–Trinajstić information content (AvgIpc) is 2.46. The molecule has 0 saturated heterocycles. The van der Waals surface area contributed by atoms with Gasteiger partial charge in [-0.05, 0) is 30.3 Å². The van der Waals surface area contributed by atoms with Crippen LogP contribution >= 0.6 is 12.0 Å². The molecule has 0 aliphatic heterocycles. The van der Waals surface area contributed by atoms with Crippen LogP contribution in [0.5, 0.6) is 0 Å². The molecule has 0 spiro atoms. The zero-order valence-electron chi connectivity index (χ0n) is 9.78. The van der Waals surface area contributed by atoms with Crippen molar-refractivity contribution in [3.8, 4) is 0 Å². The molecule has 0 fully saturated rings. The molecule has 98 valence electrons. The van der Waals surface area contributed by atoms with Crippen LogP contribution in [0.4, 0.5) is 0 Å². The Hall–Kier alpha value is -1.27. The van der Waals surface area contributed by atoms with E-state index in [0.717, 1.165) is 16.9 Å². The Morgan fingerprint density at radius 3 is 2.25 bits per heavy atom. The molecule has 0 aliphatic carbocycles. The van der Waals surface area contributed by atoms with Crippen LogP contribution in [0.3, 0.4) is 0 Å². The first kappa shape index (κ1) is 16.8. The number of hydrogen-bond donors (Lipinski definition) is 1. The van der Waals surface area contributed by atoms with Gasteiger partial charge in [-0.3, -0.25) is 0 Å². The van der Waals surface area contributed by atoms with E-state index in [1.807, 2.05) is 30.3 Å². The molecular formula is C14H11NaO4S. The summed E-state index contributed by atoms with van der Waals surface area (Å²) >= 11 is 0.941. The third-order valence-electron chi connectivity index (χ3n) is 2.30. The predicted molar refractivity (Wildman–Crippen MR) is 78.3 cm³/mol. The molecule has 4 nitrogen and oxygen atoms in total. The van der Waals surface area contributed by atoms with Gasteiger partial charge in [0.1, 0.15) is 0 Å². The normalized spacial score (nSPS) is 9.40. The monoisotopic (exact) mass is 298 g/mol. The van der Waals surface area contributed by atoms with E-state index in [1.165, 1.54) is 24.3 Å². The van der Waals surface area contributed by atoms with E-state index in [-0.39, 0.29) is 40.7 Å². The van der Waals surface area contributed by atoms with Crippen molar-refractivity contribution in [1.82, 2.24) is 0 Å². The van der Waals surface area contributed by atoms with E-state index in [2.05, 4.69) is 0 Å². The number of carboxylic acid groups (broad SMARTS) is 1. The molecule has 0 unspecified atom stereocenters. The molecule has 2 rings (SSSR count). The van der Waals surface area contributed by atoms with Crippen molar-refractivity contribution in [2.45, 2.75) is 4.90 Å². The average molecular weight is 298 g/mol. The Kier molecular flexibility index (Phi) is 6.81. The zero-order valence-corrected chi connectivity index (χ0v) is 10.6. The minimum atomic E-state index is -1.08.